The Balaban J connectivity index is 2.39. The van der Waals surface area contributed by atoms with Gasteiger partial charge in [0.05, 0.1) is 9.35 Å². The van der Waals surface area contributed by atoms with E-state index in [1.165, 1.54) is 11.3 Å². The minimum Gasteiger partial charge on any atom is -0.288 e. The van der Waals surface area contributed by atoms with E-state index in [1.807, 2.05) is 0 Å². The summed E-state index contributed by atoms with van der Waals surface area (Å²) in [5, 5.41) is 1.13. The summed E-state index contributed by atoms with van der Waals surface area (Å²) in [5.74, 6) is -0.465. The highest BCUT2D eigenvalue weighted by Gasteiger charge is 2.33. The van der Waals surface area contributed by atoms with Gasteiger partial charge in [0.2, 0.25) is 0 Å². The average Bonchev–Trinajstić information content (AvgIpc) is 2.73. The van der Waals surface area contributed by atoms with E-state index in [9.17, 15) is 18.0 Å². The van der Waals surface area contributed by atoms with Gasteiger partial charge in [0.25, 0.3) is 0 Å². The van der Waals surface area contributed by atoms with E-state index in [2.05, 4.69) is 20.9 Å². The maximum atomic E-state index is 12.4. The Morgan fingerprint density at radius 3 is 2.53 bits per heavy atom. The number of hydrogen-bond acceptors (Lipinski definition) is 3. The molecule has 0 aliphatic carbocycles. The number of alkyl halides is 3. The fourth-order valence-electron chi connectivity index (χ4n) is 1.35. The molecule has 0 aromatic carbocycles. The minimum atomic E-state index is -4.59. The van der Waals surface area contributed by atoms with Crippen LogP contribution in [-0.2, 0) is 6.18 Å². The first-order chi connectivity index (χ1) is 8.79. The molecule has 2 heterocycles. The normalized spacial score (nSPS) is 11.6. The molecule has 2 aromatic heterocycles. The van der Waals surface area contributed by atoms with Crippen LogP contribution in [0.3, 0.4) is 0 Å². The summed E-state index contributed by atoms with van der Waals surface area (Å²) < 4.78 is 38.0. The molecule has 0 spiro atoms. The van der Waals surface area contributed by atoms with E-state index in [0.29, 0.717) is 5.56 Å². The Kier molecular flexibility index (Phi) is 3.98. The molecule has 0 fully saturated rings. The number of carbonyl (C=O) groups excluding carboxylic acids is 1. The summed E-state index contributed by atoms with van der Waals surface area (Å²) in [6, 6.07) is 3.34. The van der Waals surface area contributed by atoms with Crippen molar-refractivity contribution in [1.29, 1.82) is 0 Å². The molecule has 2 nitrogen and oxygen atoms in total. The summed E-state index contributed by atoms with van der Waals surface area (Å²) in [7, 11) is 0. The summed E-state index contributed by atoms with van der Waals surface area (Å²) >= 11 is 10.1. The van der Waals surface area contributed by atoms with Crippen molar-refractivity contribution < 1.29 is 18.0 Å². The van der Waals surface area contributed by atoms with Crippen molar-refractivity contribution in [2.75, 3.05) is 0 Å². The Morgan fingerprint density at radius 1 is 1.37 bits per heavy atom. The third-order valence-electron chi connectivity index (χ3n) is 2.21. The van der Waals surface area contributed by atoms with Crippen LogP contribution >= 0.6 is 38.9 Å². The summed E-state index contributed by atoms with van der Waals surface area (Å²) in [4.78, 5) is 15.2. The average molecular weight is 371 g/mol. The third-order valence-corrected chi connectivity index (χ3v) is 4.01. The lowest BCUT2D eigenvalue weighted by molar-refractivity contribution is -0.141. The van der Waals surface area contributed by atoms with Crippen LogP contribution in [0, 0.1) is 0 Å². The van der Waals surface area contributed by atoms with Gasteiger partial charge in [0.15, 0.2) is 5.78 Å². The predicted octanol–water partition coefficient (Wildman–Crippen LogP) is 4.81. The second kappa shape index (κ2) is 5.22. The highest BCUT2D eigenvalue weighted by Crippen LogP contribution is 2.30. The van der Waals surface area contributed by atoms with Gasteiger partial charge >= 0.3 is 6.18 Å². The highest BCUT2D eigenvalue weighted by atomic mass is 79.9. The van der Waals surface area contributed by atoms with E-state index in [0.717, 1.165) is 15.9 Å². The van der Waals surface area contributed by atoms with E-state index in [4.69, 9.17) is 11.6 Å². The predicted molar refractivity (Wildman–Crippen MR) is 69.7 cm³/mol. The van der Waals surface area contributed by atoms with Crippen molar-refractivity contribution in [3.05, 3.63) is 49.3 Å². The second-order valence-electron chi connectivity index (χ2n) is 3.50. The number of thiophene rings is 1. The molecule has 0 aliphatic rings. The van der Waals surface area contributed by atoms with Crippen molar-refractivity contribution in [3.8, 4) is 0 Å². The molecule has 0 aliphatic heterocycles. The van der Waals surface area contributed by atoms with Crippen molar-refractivity contribution in [3.63, 3.8) is 0 Å². The molecule has 0 saturated heterocycles. The Morgan fingerprint density at radius 2 is 2.05 bits per heavy atom. The van der Waals surface area contributed by atoms with Gasteiger partial charge in [0.1, 0.15) is 10.8 Å². The number of rotatable bonds is 2. The van der Waals surface area contributed by atoms with E-state index >= 15 is 0 Å². The number of pyridine rings is 1. The first-order valence-electron chi connectivity index (χ1n) is 4.81. The van der Waals surface area contributed by atoms with Crippen LogP contribution in [0.15, 0.2) is 27.4 Å². The smallest absolute Gasteiger partial charge is 0.288 e. The summed E-state index contributed by atoms with van der Waals surface area (Å²) in [6.45, 7) is 0. The molecule has 2 aromatic rings. The zero-order valence-corrected chi connectivity index (χ0v) is 12.1. The standard InChI is InChI=1S/C11H4BrClF3NOS/c12-8-3-5(4-19-8)9(18)6-1-2-7(11(14,15)16)17-10(6)13/h1-4H. The molecule has 2 rings (SSSR count). The van der Waals surface area contributed by atoms with Crippen LogP contribution in [0.25, 0.3) is 0 Å². The van der Waals surface area contributed by atoms with Crippen LogP contribution in [0.2, 0.25) is 5.15 Å². The molecule has 8 heteroatoms. The van der Waals surface area contributed by atoms with Crippen LogP contribution in [0.5, 0.6) is 0 Å². The topological polar surface area (TPSA) is 30.0 Å². The number of halogens is 5. The zero-order valence-electron chi connectivity index (χ0n) is 8.96. The third kappa shape index (κ3) is 3.16. The second-order valence-corrected chi connectivity index (χ2v) is 6.15. The fourth-order valence-corrected chi connectivity index (χ4v) is 2.72. The molecule has 19 heavy (non-hydrogen) atoms. The van der Waals surface area contributed by atoms with Gasteiger partial charge in [-0.3, -0.25) is 4.79 Å². The van der Waals surface area contributed by atoms with Crippen LogP contribution in [-0.4, -0.2) is 10.8 Å². The SMILES string of the molecule is O=C(c1csc(Br)c1)c1ccc(C(F)(F)F)nc1Cl. The molecule has 0 amide bonds. The quantitative estimate of drug-likeness (QED) is 0.561. The Bertz CT molecular complexity index is 641. The number of ketones is 1. The van der Waals surface area contributed by atoms with Gasteiger partial charge in [-0.2, -0.15) is 13.2 Å². The molecule has 0 saturated carbocycles. The maximum Gasteiger partial charge on any atom is 0.433 e. The van der Waals surface area contributed by atoms with Gasteiger partial charge < -0.3 is 0 Å². The summed E-state index contributed by atoms with van der Waals surface area (Å²) in [5.41, 5.74) is -0.833. The highest BCUT2D eigenvalue weighted by molar-refractivity contribution is 9.11. The number of nitrogens with zero attached hydrogens (tertiary/aromatic N) is 1. The van der Waals surface area contributed by atoms with Gasteiger partial charge in [-0.15, -0.1) is 11.3 Å². The van der Waals surface area contributed by atoms with Gasteiger partial charge in [-0.1, -0.05) is 11.6 Å². The van der Waals surface area contributed by atoms with Gasteiger partial charge in [-0.05, 0) is 34.1 Å². The fraction of sp³-hybridized carbons (Fsp3) is 0.0909. The largest absolute Gasteiger partial charge is 0.433 e. The first kappa shape index (κ1) is 14.5. The molecular formula is C11H4BrClF3NOS. The van der Waals surface area contributed by atoms with Crippen LogP contribution in [0.4, 0.5) is 13.2 Å². The van der Waals surface area contributed by atoms with E-state index in [1.54, 1.807) is 11.4 Å². The van der Waals surface area contributed by atoms with Gasteiger partial charge in [-0.25, -0.2) is 4.98 Å². The maximum absolute atomic E-state index is 12.4. The van der Waals surface area contributed by atoms with Crippen molar-refractivity contribution in [1.82, 2.24) is 4.98 Å². The van der Waals surface area contributed by atoms with Crippen LogP contribution < -0.4 is 0 Å². The van der Waals surface area contributed by atoms with E-state index in [-0.39, 0.29) is 5.56 Å². The Hall–Kier alpha value is -0.920. The lowest BCUT2D eigenvalue weighted by atomic mass is 10.1. The van der Waals surface area contributed by atoms with Gasteiger partial charge in [0, 0.05) is 10.9 Å². The monoisotopic (exact) mass is 369 g/mol. The van der Waals surface area contributed by atoms with Crippen molar-refractivity contribution >= 4 is 44.7 Å². The number of carbonyl (C=O) groups is 1. The number of aromatic nitrogens is 1. The molecular weight excluding hydrogens is 367 g/mol. The summed E-state index contributed by atoms with van der Waals surface area (Å²) in [6.07, 6.45) is -4.59. The lowest BCUT2D eigenvalue weighted by Gasteiger charge is -2.07. The van der Waals surface area contributed by atoms with Crippen LogP contribution in [0.1, 0.15) is 21.6 Å². The molecule has 0 N–H and O–H groups in total. The molecule has 100 valence electrons. The molecule has 0 radical (unpaired) electrons. The Labute approximate surface area is 123 Å². The molecule has 0 bridgehead atoms. The number of hydrogen-bond donors (Lipinski definition) is 0. The lowest BCUT2D eigenvalue weighted by Crippen LogP contribution is -2.10. The molecule has 0 atom stereocenters. The zero-order chi connectivity index (χ0) is 14.2. The first-order valence-corrected chi connectivity index (χ1v) is 6.86. The van der Waals surface area contributed by atoms with Crippen molar-refractivity contribution in [2.45, 2.75) is 6.18 Å². The minimum absolute atomic E-state index is 0.0556. The van der Waals surface area contributed by atoms with Crippen molar-refractivity contribution in [2.24, 2.45) is 0 Å². The van der Waals surface area contributed by atoms with E-state index < -0.39 is 22.8 Å². The molecule has 0 unspecified atom stereocenters.